The van der Waals surface area contributed by atoms with Gasteiger partial charge in [-0.05, 0) is 59.9 Å². The summed E-state index contributed by atoms with van der Waals surface area (Å²) in [6, 6.07) is 7.24. The molecule has 1 unspecified atom stereocenters. The Morgan fingerprint density at radius 1 is 1.17 bits per heavy atom. The topological polar surface area (TPSA) is 64.6 Å². The standard InChI is InChI=1S/C21H22F3NO4S/c1-28-19(26)10-13-3-2-4-16(9-13)25-20(27)18-11-15(12-30-18)14-5-7-17(8-6-14)29-21(22,23)24/h5-8,11-13,16H,2-4,9-10H2,1H3,(H,25,27)/t13-,16?/m1/s1. The Bertz CT molecular complexity index is 879. The zero-order valence-corrected chi connectivity index (χ0v) is 17.1. The van der Waals surface area contributed by atoms with E-state index >= 15 is 0 Å². The van der Waals surface area contributed by atoms with Gasteiger partial charge in [0.05, 0.1) is 12.0 Å². The van der Waals surface area contributed by atoms with E-state index in [2.05, 4.69) is 10.1 Å². The maximum Gasteiger partial charge on any atom is 0.573 e. The van der Waals surface area contributed by atoms with Crippen LogP contribution in [0.4, 0.5) is 13.2 Å². The zero-order valence-electron chi connectivity index (χ0n) is 16.3. The number of carbonyl (C=O) groups is 2. The number of ether oxygens (including phenoxy) is 2. The number of thiophene rings is 1. The summed E-state index contributed by atoms with van der Waals surface area (Å²) in [7, 11) is 1.37. The molecule has 0 saturated heterocycles. The molecule has 1 amide bonds. The number of alkyl halides is 3. The second kappa shape index (κ2) is 9.51. The third kappa shape index (κ3) is 6.22. The number of benzene rings is 1. The average Bonchev–Trinajstić information content (AvgIpc) is 3.18. The van der Waals surface area contributed by atoms with E-state index in [0.29, 0.717) is 16.9 Å². The van der Waals surface area contributed by atoms with E-state index in [1.54, 1.807) is 11.4 Å². The van der Waals surface area contributed by atoms with E-state index in [0.717, 1.165) is 31.2 Å². The fourth-order valence-corrected chi connectivity index (χ4v) is 4.46. The highest BCUT2D eigenvalue weighted by Crippen LogP contribution is 2.30. The summed E-state index contributed by atoms with van der Waals surface area (Å²) in [5.41, 5.74) is 1.44. The Hall–Kier alpha value is -2.55. The molecule has 1 saturated carbocycles. The van der Waals surface area contributed by atoms with Gasteiger partial charge in [0.15, 0.2) is 0 Å². The highest BCUT2D eigenvalue weighted by molar-refractivity contribution is 7.12. The highest BCUT2D eigenvalue weighted by atomic mass is 32.1. The van der Waals surface area contributed by atoms with Crippen LogP contribution >= 0.6 is 11.3 Å². The summed E-state index contributed by atoms with van der Waals surface area (Å²) >= 11 is 1.27. The number of nitrogens with one attached hydrogen (secondary N) is 1. The predicted octanol–water partition coefficient (Wildman–Crippen LogP) is 5.17. The number of halogens is 3. The lowest BCUT2D eigenvalue weighted by molar-refractivity contribution is -0.274. The van der Waals surface area contributed by atoms with Crippen LogP contribution in [0.1, 0.15) is 41.8 Å². The first-order valence-electron chi connectivity index (χ1n) is 9.56. The van der Waals surface area contributed by atoms with Crippen LogP contribution in [0, 0.1) is 5.92 Å². The average molecular weight is 441 g/mol. The first-order chi connectivity index (χ1) is 14.2. The molecule has 2 atom stereocenters. The lowest BCUT2D eigenvalue weighted by Crippen LogP contribution is -2.38. The Morgan fingerprint density at radius 2 is 1.90 bits per heavy atom. The number of esters is 1. The molecule has 1 aliphatic rings. The van der Waals surface area contributed by atoms with Crippen LogP contribution in [0.2, 0.25) is 0 Å². The fraction of sp³-hybridized carbons (Fsp3) is 0.429. The monoisotopic (exact) mass is 441 g/mol. The molecule has 2 aromatic rings. The van der Waals surface area contributed by atoms with Crippen LogP contribution in [0.5, 0.6) is 5.75 Å². The first kappa shape index (κ1) is 22.1. The molecule has 1 N–H and O–H groups in total. The van der Waals surface area contributed by atoms with E-state index in [-0.39, 0.29) is 29.6 Å². The molecule has 1 fully saturated rings. The predicted molar refractivity (Wildman–Crippen MR) is 106 cm³/mol. The molecule has 1 aromatic carbocycles. The van der Waals surface area contributed by atoms with Gasteiger partial charge >= 0.3 is 12.3 Å². The largest absolute Gasteiger partial charge is 0.573 e. The van der Waals surface area contributed by atoms with Gasteiger partial charge in [0, 0.05) is 12.5 Å². The minimum Gasteiger partial charge on any atom is -0.469 e. The molecule has 0 bridgehead atoms. The van der Waals surface area contributed by atoms with Crippen molar-refractivity contribution in [1.82, 2.24) is 5.32 Å². The van der Waals surface area contributed by atoms with Crippen molar-refractivity contribution in [1.29, 1.82) is 0 Å². The minimum atomic E-state index is -4.73. The van der Waals surface area contributed by atoms with Gasteiger partial charge in [-0.1, -0.05) is 18.6 Å². The quantitative estimate of drug-likeness (QED) is 0.629. The van der Waals surface area contributed by atoms with Gasteiger partial charge < -0.3 is 14.8 Å². The number of carbonyl (C=O) groups excluding carboxylic acids is 2. The summed E-state index contributed by atoms with van der Waals surface area (Å²) in [6.45, 7) is 0. The summed E-state index contributed by atoms with van der Waals surface area (Å²) in [5.74, 6) is -0.514. The van der Waals surface area contributed by atoms with E-state index < -0.39 is 6.36 Å². The van der Waals surface area contributed by atoms with Crippen LogP contribution < -0.4 is 10.1 Å². The van der Waals surface area contributed by atoms with Crippen molar-refractivity contribution in [3.05, 3.63) is 40.6 Å². The molecular formula is C21H22F3NO4S. The zero-order chi connectivity index (χ0) is 21.7. The molecule has 3 rings (SSSR count). The van der Waals surface area contributed by atoms with Crippen molar-refractivity contribution >= 4 is 23.2 Å². The maximum absolute atomic E-state index is 12.6. The van der Waals surface area contributed by atoms with E-state index in [1.165, 1.54) is 42.7 Å². The third-order valence-corrected chi connectivity index (χ3v) is 5.97. The number of methoxy groups -OCH3 is 1. The van der Waals surface area contributed by atoms with E-state index in [1.807, 2.05) is 0 Å². The molecule has 5 nitrogen and oxygen atoms in total. The van der Waals surface area contributed by atoms with Crippen molar-refractivity contribution in [2.24, 2.45) is 5.92 Å². The Kier molecular flexibility index (Phi) is 7.02. The Morgan fingerprint density at radius 3 is 2.57 bits per heavy atom. The molecule has 0 aliphatic heterocycles. The second-order valence-corrected chi connectivity index (χ2v) is 8.17. The van der Waals surface area contributed by atoms with E-state index in [9.17, 15) is 22.8 Å². The van der Waals surface area contributed by atoms with Crippen molar-refractivity contribution in [2.75, 3.05) is 7.11 Å². The lowest BCUT2D eigenvalue weighted by atomic mass is 9.84. The van der Waals surface area contributed by atoms with Crippen molar-refractivity contribution in [3.63, 3.8) is 0 Å². The molecule has 1 aliphatic carbocycles. The molecule has 162 valence electrons. The summed E-state index contributed by atoms with van der Waals surface area (Å²) in [5, 5.41) is 4.82. The van der Waals surface area contributed by atoms with Gasteiger partial charge in [-0.25, -0.2) is 0 Å². The van der Waals surface area contributed by atoms with Crippen LogP contribution in [-0.4, -0.2) is 31.4 Å². The summed E-state index contributed by atoms with van der Waals surface area (Å²) in [4.78, 5) is 24.6. The molecule has 1 aromatic heterocycles. The van der Waals surface area contributed by atoms with Crippen molar-refractivity contribution < 1.29 is 32.2 Å². The summed E-state index contributed by atoms with van der Waals surface area (Å²) in [6.07, 6.45) is -0.889. The van der Waals surface area contributed by atoms with Crippen LogP contribution in [-0.2, 0) is 9.53 Å². The molecular weight excluding hydrogens is 419 g/mol. The summed E-state index contributed by atoms with van der Waals surface area (Å²) < 4.78 is 45.4. The number of amides is 1. The number of hydrogen-bond donors (Lipinski definition) is 1. The van der Waals surface area contributed by atoms with Crippen LogP contribution in [0.25, 0.3) is 11.1 Å². The highest BCUT2D eigenvalue weighted by Gasteiger charge is 2.31. The maximum atomic E-state index is 12.6. The molecule has 1 heterocycles. The Balaban J connectivity index is 1.59. The fourth-order valence-electron chi connectivity index (χ4n) is 3.64. The third-order valence-electron chi connectivity index (χ3n) is 5.05. The van der Waals surface area contributed by atoms with Crippen molar-refractivity contribution in [2.45, 2.75) is 44.5 Å². The first-order valence-corrected chi connectivity index (χ1v) is 10.4. The van der Waals surface area contributed by atoms with Gasteiger partial charge in [0.25, 0.3) is 5.91 Å². The Labute approximate surface area is 176 Å². The SMILES string of the molecule is COC(=O)C[C@@H]1CCCC(NC(=O)c2cc(-c3ccc(OC(F)(F)F)cc3)cs2)C1. The van der Waals surface area contributed by atoms with E-state index in [4.69, 9.17) is 4.74 Å². The molecule has 30 heavy (non-hydrogen) atoms. The van der Waals surface area contributed by atoms with Gasteiger partial charge in [0.1, 0.15) is 5.75 Å². The molecule has 0 radical (unpaired) electrons. The van der Waals surface area contributed by atoms with Gasteiger partial charge in [-0.2, -0.15) is 0 Å². The van der Waals surface area contributed by atoms with Gasteiger partial charge in [0.2, 0.25) is 0 Å². The van der Waals surface area contributed by atoms with Gasteiger partial charge in [-0.15, -0.1) is 24.5 Å². The number of hydrogen-bond acceptors (Lipinski definition) is 5. The van der Waals surface area contributed by atoms with Crippen molar-refractivity contribution in [3.8, 4) is 16.9 Å². The molecule has 9 heteroatoms. The number of rotatable bonds is 6. The minimum absolute atomic E-state index is 0.00487. The lowest BCUT2D eigenvalue weighted by Gasteiger charge is -2.29. The smallest absolute Gasteiger partial charge is 0.469 e. The second-order valence-electron chi connectivity index (χ2n) is 7.26. The van der Waals surface area contributed by atoms with Gasteiger partial charge in [-0.3, -0.25) is 9.59 Å². The van der Waals surface area contributed by atoms with Crippen LogP contribution in [0.15, 0.2) is 35.7 Å². The van der Waals surface area contributed by atoms with Crippen LogP contribution in [0.3, 0.4) is 0 Å². The normalized spacial score (nSPS) is 19.2. The molecule has 0 spiro atoms.